The molecule has 196 valence electrons. The van der Waals surface area contributed by atoms with Gasteiger partial charge in [0.1, 0.15) is 0 Å². The normalized spacial score (nSPS) is 11.7. The van der Waals surface area contributed by atoms with Crippen LogP contribution in [0, 0.1) is 13.8 Å². The number of pyridine rings is 1. The number of nitrogens with one attached hydrogen (secondary N) is 2. The van der Waals surface area contributed by atoms with Crippen LogP contribution in [0.15, 0.2) is 23.4 Å². The average Bonchev–Trinajstić information content (AvgIpc) is 2.78. The summed E-state index contributed by atoms with van der Waals surface area (Å²) >= 11 is 0. The molecule has 0 saturated carbocycles. The quantitative estimate of drug-likeness (QED) is 0.328. The van der Waals surface area contributed by atoms with E-state index in [2.05, 4.69) is 37.6 Å². The molecule has 0 aliphatic heterocycles. The molecule has 2 aromatic rings. The molecule has 0 aromatic carbocycles. The van der Waals surface area contributed by atoms with Crippen molar-refractivity contribution in [3.05, 3.63) is 46.5 Å². The molecule has 2 heterocycles. The third-order valence-electron chi connectivity index (χ3n) is 4.97. The van der Waals surface area contributed by atoms with Crippen LogP contribution < -0.4 is 15.4 Å². The molecule has 2 rings (SSSR count). The van der Waals surface area contributed by atoms with Crippen molar-refractivity contribution in [1.82, 2.24) is 25.5 Å². The number of rotatable bonds is 11. The third kappa shape index (κ3) is 8.51. The lowest BCUT2D eigenvalue weighted by Gasteiger charge is -2.16. The minimum absolute atomic E-state index is 0.0257. The highest BCUT2D eigenvalue weighted by molar-refractivity contribution is 5.90. The van der Waals surface area contributed by atoms with Crippen LogP contribution in [0.4, 0.5) is 23.7 Å². The first-order valence-corrected chi connectivity index (χ1v) is 11.5. The number of hydrogen-bond donors (Lipinski definition) is 2. The van der Waals surface area contributed by atoms with Crippen LogP contribution in [-0.2, 0) is 13.0 Å². The standard InChI is InChI=1S/C24H32F3N7O2/c1-7-9-19-20(11-16(4)30-22(19)36-8-2)31-23(35)29-13-18-10-15(3)21(33-32-18)17(12-24(25,26)27)14-34(6)28-5/h10-11,14H,5,7-9,12-13H2,1-4,6H3,(H2,29,30,31,35)/b17-14+. The second-order valence-electron chi connectivity index (χ2n) is 8.11. The van der Waals surface area contributed by atoms with Crippen LogP contribution in [0.5, 0.6) is 5.88 Å². The van der Waals surface area contributed by atoms with Gasteiger partial charge in [-0.2, -0.15) is 28.5 Å². The Morgan fingerprint density at radius 3 is 2.56 bits per heavy atom. The molecule has 0 unspecified atom stereocenters. The lowest BCUT2D eigenvalue weighted by molar-refractivity contribution is -0.123. The molecule has 36 heavy (non-hydrogen) atoms. The molecule has 12 heteroatoms. The number of ether oxygens (including phenoxy) is 1. The number of hydrogen-bond acceptors (Lipinski definition) is 7. The van der Waals surface area contributed by atoms with Gasteiger partial charge in [-0.05, 0) is 44.9 Å². The molecule has 0 radical (unpaired) electrons. The van der Waals surface area contributed by atoms with Crippen molar-refractivity contribution in [3.8, 4) is 5.88 Å². The molecule has 0 fully saturated rings. The summed E-state index contributed by atoms with van der Waals surface area (Å²) in [6.45, 7) is 11.1. The summed E-state index contributed by atoms with van der Waals surface area (Å²) in [6, 6.07) is 2.89. The molecule has 0 spiro atoms. The fraction of sp³-hybridized carbons (Fsp3) is 0.458. The molecule has 2 amide bonds. The Labute approximate surface area is 208 Å². The Kier molecular flexibility index (Phi) is 10.2. The van der Waals surface area contributed by atoms with Crippen LogP contribution in [0.3, 0.4) is 0 Å². The second kappa shape index (κ2) is 12.8. The van der Waals surface area contributed by atoms with Crippen LogP contribution in [0.1, 0.15) is 54.9 Å². The van der Waals surface area contributed by atoms with Crippen LogP contribution in [-0.4, -0.2) is 52.8 Å². The topological polar surface area (TPSA) is 105 Å². The summed E-state index contributed by atoms with van der Waals surface area (Å²) in [5.41, 5.74) is 2.98. The van der Waals surface area contributed by atoms with E-state index in [9.17, 15) is 18.0 Å². The van der Waals surface area contributed by atoms with Gasteiger partial charge in [-0.15, -0.1) is 0 Å². The van der Waals surface area contributed by atoms with E-state index < -0.39 is 18.6 Å². The highest BCUT2D eigenvalue weighted by atomic mass is 19.4. The van der Waals surface area contributed by atoms with E-state index in [0.29, 0.717) is 41.5 Å². The first kappa shape index (κ1) is 28.5. The average molecular weight is 508 g/mol. The van der Waals surface area contributed by atoms with Gasteiger partial charge < -0.3 is 15.4 Å². The molecular formula is C24H32F3N7O2. The molecule has 0 aliphatic rings. The van der Waals surface area contributed by atoms with Crippen molar-refractivity contribution in [1.29, 1.82) is 0 Å². The number of halogens is 3. The van der Waals surface area contributed by atoms with Gasteiger partial charge in [0.2, 0.25) is 5.88 Å². The van der Waals surface area contributed by atoms with Gasteiger partial charge in [0.05, 0.1) is 36.6 Å². The predicted octanol–water partition coefficient (Wildman–Crippen LogP) is 5.00. The summed E-state index contributed by atoms with van der Waals surface area (Å²) in [7, 11) is 1.47. The molecule has 0 atom stereocenters. The monoisotopic (exact) mass is 507 g/mol. The van der Waals surface area contributed by atoms with Gasteiger partial charge in [0.15, 0.2) is 0 Å². The van der Waals surface area contributed by atoms with Gasteiger partial charge in [0.25, 0.3) is 0 Å². The van der Waals surface area contributed by atoms with Crippen molar-refractivity contribution in [2.75, 3.05) is 19.0 Å². The Balaban J connectivity index is 2.17. The number of aryl methyl sites for hydroxylation is 2. The summed E-state index contributed by atoms with van der Waals surface area (Å²) in [5, 5.41) is 18.3. The highest BCUT2D eigenvalue weighted by Gasteiger charge is 2.31. The maximum atomic E-state index is 13.1. The van der Waals surface area contributed by atoms with Crippen molar-refractivity contribution >= 4 is 24.0 Å². The summed E-state index contributed by atoms with van der Waals surface area (Å²) < 4.78 is 44.9. The van der Waals surface area contributed by atoms with E-state index in [1.165, 1.54) is 18.3 Å². The van der Waals surface area contributed by atoms with Crippen molar-refractivity contribution in [2.24, 2.45) is 5.10 Å². The Morgan fingerprint density at radius 1 is 1.25 bits per heavy atom. The number of hydrazone groups is 1. The smallest absolute Gasteiger partial charge is 0.393 e. The predicted molar refractivity (Wildman–Crippen MR) is 133 cm³/mol. The molecule has 2 N–H and O–H groups in total. The Morgan fingerprint density at radius 2 is 1.97 bits per heavy atom. The van der Waals surface area contributed by atoms with Gasteiger partial charge >= 0.3 is 12.2 Å². The lowest BCUT2D eigenvalue weighted by Crippen LogP contribution is -2.29. The van der Waals surface area contributed by atoms with Crippen molar-refractivity contribution in [3.63, 3.8) is 0 Å². The number of urea groups is 1. The van der Waals surface area contributed by atoms with Gasteiger partial charge in [-0.1, -0.05) is 13.3 Å². The zero-order valence-electron chi connectivity index (χ0n) is 21.2. The summed E-state index contributed by atoms with van der Waals surface area (Å²) in [6.07, 6.45) is -2.91. The number of aromatic nitrogens is 3. The van der Waals surface area contributed by atoms with E-state index in [4.69, 9.17) is 4.74 Å². The van der Waals surface area contributed by atoms with Crippen LogP contribution in [0.25, 0.3) is 5.57 Å². The number of nitrogens with zero attached hydrogens (tertiary/aromatic N) is 5. The number of allylic oxidation sites excluding steroid dienone is 1. The minimum Gasteiger partial charge on any atom is -0.478 e. The Hall–Kier alpha value is -3.70. The van der Waals surface area contributed by atoms with E-state index in [1.807, 2.05) is 20.8 Å². The lowest BCUT2D eigenvalue weighted by atomic mass is 10.0. The fourth-order valence-corrected chi connectivity index (χ4v) is 3.48. The second-order valence-corrected chi connectivity index (χ2v) is 8.11. The molecular weight excluding hydrogens is 475 g/mol. The largest absolute Gasteiger partial charge is 0.478 e. The molecule has 9 nitrogen and oxygen atoms in total. The SMILES string of the molecule is C=NN(C)/C=C(\CC(F)(F)F)c1nnc(CNC(=O)Nc2cc(C)nc(OCC)c2CCC)cc1C. The van der Waals surface area contributed by atoms with Crippen molar-refractivity contribution < 1.29 is 22.7 Å². The fourth-order valence-electron chi connectivity index (χ4n) is 3.48. The van der Waals surface area contributed by atoms with Crippen molar-refractivity contribution in [2.45, 2.75) is 59.7 Å². The number of amides is 2. The Bertz CT molecular complexity index is 1100. The number of alkyl halides is 3. The number of carbonyl (C=O) groups excluding carboxylic acids is 1. The molecule has 0 aliphatic carbocycles. The van der Waals surface area contributed by atoms with Gasteiger partial charge in [0, 0.05) is 36.8 Å². The first-order chi connectivity index (χ1) is 17.0. The zero-order chi connectivity index (χ0) is 26.9. The zero-order valence-corrected chi connectivity index (χ0v) is 21.2. The molecule has 0 bridgehead atoms. The summed E-state index contributed by atoms with van der Waals surface area (Å²) in [5.74, 6) is 0.492. The third-order valence-corrected chi connectivity index (χ3v) is 4.97. The van der Waals surface area contributed by atoms with Crippen LogP contribution in [0.2, 0.25) is 0 Å². The first-order valence-electron chi connectivity index (χ1n) is 11.5. The molecule has 0 saturated heterocycles. The number of anilines is 1. The van der Waals surface area contributed by atoms with Crippen LogP contribution >= 0.6 is 0 Å². The number of carbonyl (C=O) groups is 1. The minimum atomic E-state index is -4.44. The van der Waals surface area contributed by atoms with Gasteiger partial charge in [-0.25, -0.2) is 9.78 Å². The van der Waals surface area contributed by atoms with E-state index in [-0.39, 0.29) is 17.8 Å². The van der Waals surface area contributed by atoms with E-state index in [0.717, 1.165) is 12.0 Å². The van der Waals surface area contributed by atoms with E-state index in [1.54, 1.807) is 19.1 Å². The molecule has 2 aromatic heterocycles. The maximum absolute atomic E-state index is 13.1. The summed E-state index contributed by atoms with van der Waals surface area (Å²) in [4.78, 5) is 17.0. The van der Waals surface area contributed by atoms with E-state index >= 15 is 0 Å². The van der Waals surface area contributed by atoms with Gasteiger partial charge in [-0.3, -0.25) is 5.01 Å². The maximum Gasteiger partial charge on any atom is 0.393 e. The highest BCUT2D eigenvalue weighted by Crippen LogP contribution is 2.31.